The van der Waals surface area contributed by atoms with Gasteiger partial charge in [-0.1, -0.05) is 0 Å². The molecule has 0 fully saturated rings. The predicted molar refractivity (Wildman–Crippen MR) is 89.7 cm³/mol. The van der Waals surface area contributed by atoms with Crippen LogP contribution in [0.25, 0.3) is 0 Å². The van der Waals surface area contributed by atoms with Crippen molar-refractivity contribution >= 4 is 23.6 Å². The van der Waals surface area contributed by atoms with E-state index in [2.05, 4.69) is 0 Å². The van der Waals surface area contributed by atoms with Crippen LogP contribution in [-0.2, 0) is 9.47 Å². The molecule has 0 heterocycles. The van der Waals surface area contributed by atoms with Gasteiger partial charge in [-0.15, -0.1) is 0 Å². The molecule has 0 saturated carbocycles. The van der Waals surface area contributed by atoms with Gasteiger partial charge in [-0.25, -0.2) is 9.59 Å². The van der Waals surface area contributed by atoms with Crippen molar-refractivity contribution in [2.45, 2.75) is 52.7 Å². The number of amides is 2. The molecule has 9 nitrogen and oxygen atoms in total. The van der Waals surface area contributed by atoms with Gasteiger partial charge in [0.15, 0.2) is 0 Å². The zero-order valence-corrected chi connectivity index (χ0v) is 15.0. The molecule has 0 unspecified atom stereocenters. The van der Waals surface area contributed by atoms with E-state index in [1.54, 1.807) is 41.5 Å². The van der Waals surface area contributed by atoms with Crippen LogP contribution < -0.4 is 4.90 Å². The Morgan fingerprint density at radius 1 is 1.04 bits per heavy atom. The van der Waals surface area contributed by atoms with E-state index >= 15 is 0 Å². The Hall–Kier alpha value is -2.84. The van der Waals surface area contributed by atoms with Crippen LogP contribution in [0, 0.1) is 10.1 Å². The molecule has 0 bridgehead atoms. The highest BCUT2D eigenvalue weighted by Gasteiger charge is 2.36. The molecule has 1 aromatic carbocycles. The van der Waals surface area contributed by atoms with E-state index in [4.69, 9.17) is 9.47 Å². The number of hydrogen-bond donors (Lipinski definition) is 1. The molecule has 1 N–H and O–H groups in total. The second-order valence-corrected chi connectivity index (χ2v) is 7.23. The van der Waals surface area contributed by atoms with Gasteiger partial charge in [-0.3, -0.25) is 10.1 Å². The van der Waals surface area contributed by atoms with Gasteiger partial charge in [0.2, 0.25) is 0 Å². The Labute approximate surface area is 145 Å². The van der Waals surface area contributed by atoms with E-state index in [1.807, 2.05) is 0 Å². The van der Waals surface area contributed by atoms with Gasteiger partial charge in [0.25, 0.3) is 5.69 Å². The lowest BCUT2D eigenvalue weighted by Crippen LogP contribution is -2.44. The minimum atomic E-state index is -1.13. The van der Waals surface area contributed by atoms with Crippen molar-refractivity contribution in [1.29, 1.82) is 0 Å². The molecule has 0 radical (unpaired) electrons. The van der Waals surface area contributed by atoms with Crippen molar-refractivity contribution in [3.8, 4) is 5.75 Å². The fourth-order valence-electron chi connectivity index (χ4n) is 1.73. The molecule has 138 valence electrons. The molecule has 1 aromatic rings. The van der Waals surface area contributed by atoms with Gasteiger partial charge in [0.1, 0.15) is 22.6 Å². The molecular formula is C16H22N2O7. The quantitative estimate of drug-likeness (QED) is 0.630. The van der Waals surface area contributed by atoms with Crippen LogP contribution in [0.1, 0.15) is 41.5 Å². The predicted octanol–water partition coefficient (Wildman–Crippen LogP) is 3.98. The summed E-state index contributed by atoms with van der Waals surface area (Å²) in [5.41, 5.74) is -2.89. The molecule has 0 atom stereocenters. The number of nitro groups is 1. The summed E-state index contributed by atoms with van der Waals surface area (Å²) >= 11 is 0. The third kappa shape index (κ3) is 5.94. The van der Waals surface area contributed by atoms with Crippen molar-refractivity contribution in [3.63, 3.8) is 0 Å². The highest BCUT2D eigenvalue weighted by atomic mass is 16.6. The van der Waals surface area contributed by atoms with Crippen LogP contribution in [0.4, 0.5) is 21.0 Å². The number of rotatable bonds is 2. The minimum absolute atomic E-state index is 0.369. The highest BCUT2D eigenvalue weighted by molar-refractivity contribution is 6.11. The van der Waals surface area contributed by atoms with Crippen molar-refractivity contribution < 1.29 is 29.1 Å². The second kappa shape index (κ2) is 6.96. The van der Waals surface area contributed by atoms with Gasteiger partial charge in [-0.2, -0.15) is 4.90 Å². The van der Waals surface area contributed by atoms with Crippen LogP contribution in [0.3, 0.4) is 0 Å². The molecule has 0 aliphatic heterocycles. The minimum Gasteiger partial charge on any atom is -0.508 e. The summed E-state index contributed by atoms with van der Waals surface area (Å²) in [6.45, 7) is 9.52. The number of ether oxygens (including phenoxy) is 2. The van der Waals surface area contributed by atoms with Gasteiger partial charge < -0.3 is 14.6 Å². The third-order valence-corrected chi connectivity index (χ3v) is 2.55. The number of anilines is 1. The van der Waals surface area contributed by atoms with Crippen molar-refractivity contribution in [2.75, 3.05) is 4.90 Å². The number of aromatic hydroxyl groups is 1. The Bertz CT molecular complexity index is 659. The maximum Gasteiger partial charge on any atom is 0.424 e. The first-order chi connectivity index (χ1) is 11.2. The molecule has 9 heteroatoms. The summed E-state index contributed by atoms with van der Waals surface area (Å²) in [7, 11) is 0. The number of nitro benzene ring substituents is 1. The van der Waals surface area contributed by atoms with E-state index in [0.717, 1.165) is 18.2 Å². The number of carbonyl (C=O) groups excluding carboxylic acids is 2. The van der Waals surface area contributed by atoms with Crippen LogP contribution >= 0.6 is 0 Å². The lowest BCUT2D eigenvalue weighted by molar-refractivity contribution is -0.384. The van der Waals surface area contributed by atoms with E-state index in [-0.39, 0.29) is 11.4 Å². The number of nitrogens with zero attached hydrogens (tertiary/aromatic N) is 2. The fourth-order valence-corrected chi connectivity index (χ4v) is 1.73. The average molecular weight is 354 g/mol. The van der Waals surface area contributed by atoms with Gasteiger partial charge >= 0.3 is 12.2 Å². The SMILES string of the molecule is CC(C)(C)OC(=O)N(C(=O)OC(C)(C)C)c1ccc(O)cc1[N+](=O)[O-]. The molecule has 0 aliphatic carbocycles. The Balaban J connectivity index is 3.44. The lowest BCUT2D eigenvalue weighted by Gasteiger charge is -2.28. The smallest absolute Gasteiger partial charge is 0.424 e. The average Bonchev–Trinajstić information content (AvgIpc) is 2.36. The zero-order valence-electron chi connectivity index (χ0n) is 15.0. The van der Waals surface area contributed by atoms with Crippen LogP contribution in [-0.4, -0.2) is 33.4 Å². The monoisotopic (exact) mass is 354 g/mol. The largest absolute Gasteiger partial charge is 0.508 e. The summed E-state index contributed by atoms with van der Waals surface area (Å²) < 4.78 is 10.3. The Morgan fingerprint density at radius 3 is 1.84 bits per heavy atom. The van der Waals surface area contributed by atoms with Crippen molar-refractivity contribution in [2.24, 2.45) is 0 Å². The number of hydrogen-bond acceptors (Lipinski definition) is 7. The van der Waals surface area contributed by atoms with Gasteiger partial charge in [-0.05, 0) is 53.7 Å². The first-order valence-corrected chi connectivity index (χ1v) is 7.45. The number of phenolic OH excluding ortho intramolecular Hbond substituents is 1. The zero-order chi connectivity index (χ0) is 19.6. The van der Waals surface area contributed by atoms with E-state index in [9.17, 15) is 24.8 Å². The van der Waals surface area contributed by atoms with Crippen LogP contribution in [0.2, 0.25) is 0 Å². The molecule has 0 saturated heterocycles. The Morgan fingerprint density at radius 2 is 1.48 bits per heavy atom. The maximum absolute atomic E-state index is 12.5. The molecule has 0 aliphatic rings. The summed E-state index contributed by atoms with van der Waals surface area (Å²) in [6.07, 6.45) is -2.26. The summed E-state index contributed by atoms with van der Waals surface area (Å²) in [5.74, 6) is -0.385. The second-order valence-electron chi connectivity index (χ2n) is 7.23. The molecule has 0 spiro atoms. The first-order valence-electron chi connectivity index (χ1n) is 7.45. The normalized spacial score (nSPS) is 11.6. The number of carbonyl (C=O) groups is 2. The molecular weight excluding hydrogens is 332 g/mol. The number of benzene rings is 1. The van der Waals surface area contributed by atoms with Gasteiger partial charge in [0, 0.05) is 0 Å². The molecule has 2 amide bonds. The number of phenols is 1. The summed E-state index contributed by atoms with van der Waals surface area (Å²) in [5, 5.41) is 20.7. The number of imide groups is 1. The van der Waals surface area contributed by atoms with Crippen LogP contribution in [0.5, 0.6) is 5.75 Å². The summed E-state index contributed by atoms with van der Waals surface area (Å²) in [4.78, 5) is 35.8. The van der Waals surface area contributed by atoms with E-state index < -0.39 is 34.0 Å². The molecule has 25 heavy (non-hydrogen) atoms. The van der Waals surface area contributed by atoms with E-state index in [0.29, 0.717) is 4.90 Å². The lowest BCUT2D eigenvalue weighted by atomic mass is 10.2. The Kier molecular flexibility index (Phi) is 5.62. The maximum atomic E-state index is 12.5. The van der Waals surface area contributed by atoms with E-state index in [1.165, 1.54) is 0 Å². The van der Waals surface area contributed by atoms with Crippen molar-refractivity contribution in [3.05, 3.63) is 28.3 Å². The fraction of sp³-hybridized carbons (Fsp3) is 0.500. The third-order valence-electron chi connectivity index (χ3n) is 2.55. The first kappa shape index (κ1) is 20.2. The molecule has 1 rings (SSSR count). The highest BCUT2D eigenvalue weighted by Crippen LogP contribution is 2.33. The van der Waals surface area contributed by atoms with Crippen LogP contribution in [0.15, 0.2) is 18.2 Å². The van der Waals surface area contributed by atoms with Crippen molar-refractivity contribution in [1.82, 2.24) is 0 Å². The topological polar surface area (TPSA) is 119 Å². The standard InChI is InChI=1S/C16H22N2O7/c1-15(2,3)24-13(20)17(14(21)25-16(4,5)6)11-8-7-10(19)9-12(11)18(22)23/h7-9,19H,1-6H3. The summed E-state index contributed by atoms with van der Waals surface area (Å²) in [6, 6.07) is 3.02. The molecule has 0 aromatic heterocycles. The van der Waals surface area contributed by atoms with Gasteiger partial charge in [0.05, 0.1) is 11.0 Å².